The Hall–Kier alpha value is -3.81. The van der Waals surface area contributed by atoms with E-state index >= 15 is 0 Å². The third-order valence-electron chi connectivity index (χ3n) is 3.82. The second-order valence-corrected chi connectivity index (χ2v) is 5.76. The van der Waals surface area contributed by atoms with E-state index in [0.29, 0.717) is 16.9 Å². The number of carbonyl (C=O) groups excluding carboxylic acids is 1. The molecule has 0 aliphatic rings. The number of fused-ring (bicyclic) bond motifs is 1. The molecule has 2 heterocycles. The molecule has 0 fully saturated rings. The van der Waals surface area contributed by atoms with Crippen LogP contribution in [0.2, 0.25) is 0 Å². The molecule has 0 radical (unpaired) electrons. The first-order chi connectivity index (χ1) is 12.9. The summed E-state index contributed by atoms with van der Waals surface area (Å²) in [6.07, 6.45) is 4.32. The highest BCUT2D eigenvalue weighted by Crippen LogP contribution is 2.13. The number of nitro groups is 1. The summed E-state index contributed by atoms with van der Waals surface area (Å²) in [4.78, 5) is 38.4. The maximum Gasteiger partial charge on any atom is 0.331 e. The predicted molar refractivity (Wildman–Crippen MR) is 98.1 cm³/mol. The van der Waals surface area contributed by atoms with Crippen LogP contribution < -0.4 is 5.56 Å². The minimum absolute atomic E-state index is 0.0290. The molecule has 3 aromatic rings. The Morgan fingerprint density at radius 2 is 2.04 bits per heavy atom. The number of rotatable bonds is 5. The molecule has 0 N–H and O–H groups in total. The van der Waals surface area contributed by atoms with Gasteiger partial charge in [0.1, 0.15) is 12.3 Å². The van der Waals surface area contributed by atoms with Crippen molar-refractivity contribution in [2.24, 2.45) is 0 Å². The zero-order valence-electron chi connectivity index (χ0n) is 14.4. The van der Waals surface area contributed by atoms with Gasteiger partial charge in [0, 0.05) is 30.5 Å². The van der Waals surface area contributed by atoms with Crippen LogP contribution in [0, 0.1) is 17.0 Å². The van der Waals surface area contributed by atoms with E-state index in [9.17, 15) is 19.7 Å². The van der Waals surface area contributed by atoms with E-state index in [4.69, 9.17) is 4.74 Å². The summed E-state index contributed by atoms with van der Waals surface area (Å²) in [6.45, 7) is 1.70. The van der Waals surface area contributed by atoms with Gasteiger partial charge in [0.2, 0.25) is 0 Å². The molecule has 0 bridgehead atoms. The highest BCUT2D eigenvalue weighted by Gasteiger charge is 2.07. The van der Waals surface area contributed by atoms with Gasteiger partial charge in [-0.2, -0.15) is 0 Å². The van der Waals surface area contributed by atoms with Crippen LogP contribution in [0.3, 0.4) is 0 Å². The first kappa shape index (κ1) is 18.0. The van der Waals surface area contributed by atoms with Gasteiger partial charge < -0.3 is 4.74 Å². The van der Waals surface area contributed by atoms with Crippen LogP contribution in [-0.2, 0) is 16.1 Å². The molecule has 27 heavy (non-hydrogen) atoms. The van der Waals surface area contributed by atoms with Gasteiger partial charge in [0.25, 0.3) is 11.2 Å². The molecule has 0 aliphatic heterocycles. The molecular weight excluding hydrogens is 350 g/mol. The molecule has 0 aliphatic carbocycles. The SMILES string of the molecule is Cc1cccn2c(=O)cc(COC(=O)/C=C/c3ccc([N+](=O)[O-])cc3)nc12. The molecule has 0 amide bonds. The number of ether oxygens (including phenoxy) is 1. The van der Waals surface area contributed by atoms with Crippen molar-refractivity contribution in [3.8, 4) is 0 Å². The Morgan fingerprint density at radius 3 is 2.74 bits per heavy atom. The van der Waals surface area contributed by atoms with Gasteiger partial charge in [-0.3, -0.25) is 19.3 Å². The Bertz CT molecular complexity index is 1100. The second kappa shape index (κ2) is 7.61. The summed E-state index contributed by atoms with van der Waals surface area (Å²) in [5, 5.41) is 10.6. The molecule has 0 atom stereocenters. The van der Waals surface area contributed by atoms with E-state index in [1.165, 1.54) is 46.9 Å². The van der Waals surface area contributed by atoms with Crippen LogP contribution in [0.4, 0.5) is 5.69 Å². The first-order valence-electron chi connectivity index (χ1n) is 8.01. The predicted octanol–water partition coefficient (Wildman–Crippen LogP) is 2.67. The standard InChI is InChI=1S/C19H15N3O5/c1-13-3-2-10-21-17(23)11-15(20-19(13)21)12-27-18(24)9-6-14-4-7-16(8-5-14)22(25)26/h2-11H,12H2,1H3/b9-6+. The minimum Gasteiger partial charge on any atom is -0.456 e. The lowest BCUT2D eigenvalue weighted by atomic mass is 10.2. The second-order valence-electron chi connectivity index (χ2n) is 5.76. The zero-order valence-corrected chi connectivity index (χ0v) is 14.4. The van der Waals surface area contributed by atoms with E-state index < -0.39 is 10.9 Å². The fraction of sp³-hybridized carbons (Fsp3) is 0.105. The normalized spacial score (nSPS) is 11.0. The van der Waals surface area contributed by atoms with Gasteiger partial charge in [0.05, 0.1) is 10.6 Å². The van der Waals surface area contributed by atoms with Crippen LogP contribution in [0.15, 0.2) is 59.5 Å². The van der Waals surface area contributed by atoms with E-state index in [-0.39, 0.29) is 17.9 Å². The Labute approximate surface area is 153 Å². The number of hydrogen-bond donors (Lipinski definition) is 0. The summed E-state index contributed by atoms with van der Waals surface area (Å²) in [5.74, 6) is -0.611. The van der Waals surface area contributed by atoms with Crippen LogP contribution in [-0.4, -0.2) is 20.3 Å². The number of aryl methyl sites for hydroxylation is 1. The molecule has 1 aromatic carbocycles. The summed E-state index contributed by atoms with van der Waals surface area (Å²) in [7, 11) is 0. The fourth-order valence-corrected chi connectivity index (χ4v) is 2.45. The van der Waals surface area contributed by atoms with Gasteiger partial charge in [-0.1, -0.05) is 6.07 Å². The average molecular weight is 365 g/mol. The first-order valence-corrected chi connectivity index (χ1v) is 8.01. The van der Waals surface area contributed by atoms with Crippen molar-refractivity contribution in [2.75, 3.05) is 0 Å². The topological polar surface area (TPSA) is 104 Å². The Balaban J connectivity index is 1.67. The van der Waals surface area contributed by atoms with E-state index in [1.54, 1.807) is 12.3 Å². The number of esters is 1. The smallest absolute Gasteiger partial charge is 0.331 e. The number of hydrogen-bond acceptors (Lipinski definition) is 6. The van der Waals surface area contributed by atoms with Crippen LogP contribution in [0.1, 0.15) is 16.8 Å². The molecule has 2 aromatic heterocycles. The van der Waals surface area contributed by atoms with Crippen molar-refractivity contribution in [1.29, 1.82) is 0 Å². The number of nitrogens with zero attached hydrogens (tertiary/aromatic N) is 3. The van der Waals surface area contributed by atoms with Crippen molar-refractivity contribution in [2.45, 2.75) is 13.5 Å². The Morgan fingerprint density at radius 1 is 1.30 bits per heavy atom. The van der Waals surface area contributed by atoms with Crippen molar-refractivity contribution in [3.05, 3.63) is 92.0 Å². The molecule has 8 heteroatoms. The molecule has 8 nitrogen and oxygen atoms in total. The average Bonchev–Trinajstić information content (AvgIpc) is 2.66. The van der Waals surface area contributed by atoms with Gasteiger partial charge in [-0.15, -0.1) is 0 Å². The molecule has 0 saturated heterocycles. The zero-order chi connectivity index (χ0) is 19.4. The highest BCUT2D eigenvalue weighted by atomic mass is 16.6. The van der Waals surface area contributed by atoms with Crippen molar-refractivity contribution < 1.29 is 14.5 Å². The number of benzene rings is 1. The van der Waals surface area contributed by atoms with Crippen molar-refractivity contribution in [3.63, 3.8) is 0 Å². The van der Waals surface area contributed by atoms with E-state index in [2.05, 4.69) is 4.98 Å². The molecule has 0 spiro atoms. The third-order valence-corrected chi connectivity index (χ3v) is 3.82. The van der Waals surface area contributed by atoms with Gasteiger partial charge in [-0.05, 0) is 42.3 Å². The lowest BCUT2D eigenvalue weighted by Gasteiger charge is -2.06. The van der Waals surface area contributed by atoms with Crippen molar-refractivity contribution in [1.82, 2.24) is 9.38 Å². The van der Waals surface area contributed by atoms with Gasteiger partial charge in [-0.25, -0.2) is 9.78 Å². The monoisotopic (exact) mass is 365 g/mol. The van der Waals surface area contributed by atoms with Gasteiger partial charge >= 0.3 is 5.97 Å². The summed E-state index contributed by atoms with van der Waals surface area (Å²) < 4.78 is 6.54. The summed E-state index contributed by atoms with van der Waals surface area (Å²) in [5.41, 5.74) is 2.04. The maximum atomic E-state index is 12.1. The van der Waals surface area contributed by atoms with Gasteiger partial charge in [0.15, 0.2) is 0 Å². The molecule has 136 valence electrons. The number of pyridine rings is 1. The third kappa shape index (κ3) is 4.24. The quantitative estimate of drug-likeness (QED) is 0.298. The van der Waals surface area contributed by atoms with E-state index in [0.717, 1.165) is 5.56 Å². The molecule has 0 unspecified atom stereocenters. The Kier molecular flexibility index (Phi) is 5.07. The molecule has 0 saturated carbocycles. The minimum atomic E-state index is -0.611. The number of non-ortho nitro benzene ring substituents is 1. The highest BCUT2D eigenvalue weighted by molar-refractivity contribution is 5.87. The van der Waals surface area contributed by atoms with Crippen molar-refractivity contribution >= 4 is 23.4 Å². The van der Waals surface area contributed by atoms with Crippen LogP contribution in [0.25, 0.3) is 11.7 Å². The maximum absolute atomic E-state index is 12.1. The number of nitro benzene ring substituents is 1. The summed E-state index contributed by atoms with van der Waals surface area (Å²) in [6, 6.07) is 10.7. The largest absolute Gasteiger partial charge is 0.456 e. The lowest BCUT2D eigenvalue weighted by Crippen LogP contribution is -2.17. The fourth-order valence-electron chi connectivity index (χ4n) is 2.45. The summed E-state index contributed by atoms with van der Waals surface area (Å²) >= 11 is 0. The molecular formula is C19H15N3O5. The van der Waals surface area contributed by atoms with Crippen LogP contribution in [0.5, 0.6) is 0 Å². The molecule has 3 rings (SSSR count). The number of aromatic nitrogens is 2. The van der Waals surface area contributed by atoms with Crippen LogP contribution >= 0.6 is 0 Å². The lowest BCUT2D eigenvalue weighted by molar-refractivity contribution is -0.384. The number of carbonyl (C=O) groups is 1. The van der Waals surface area contributed by atoms with E-state index in [1.807, 2.05) is 13.0 Å².